The minimum absolute atomic E-state index is 0.0438. The molecule has 12 nitrogen and oxygen atoms in total. The largest absolute Gasteiger partial charge is 0.508 e. The molecule has 0 aliphatic rings. The summed E-state index contributed by atoms with van der Waals surface area (Å²) in [7, 11) is -3.03. The van der Waals surface area contributed by atoms with Crippen LogP contribution in [0.25, 0.3) is 0 Å². The number of aromatic hydroxyl groups is 1. The number of hydrogen-bond acceptors (Lipinski definition) is 7. The normalized spacial score (nSPS) is 13.1. The Hall–Kier alpha value is -3.84. The van der Waals surface area contributed by atoms with E-state index in [1.165, 1.54) is 43.4 Å². The minimum atomic E-state index is -4.44. The molecular weight excluding hydrogens is 504 g/mol. The molecule has 13 heteroatoms. The third-order valence-corrected chi connectivity index (χ3v) is 5.40. The van der Waals surface area contributed by atoms with Crippen LogP contribution in [0.5, 0.6) is 5.75 Å². The van der Waals surface area contributed by atoms with Gasteiger partial charge in [0, 0.05) is 19.9 Å². The van der Waals surface area contributed by atoms with Gasteiger partial charge in [-0.1, -0.05) is 24.3 Å². The van der Waals surface area contributed by atoms with E-state index in [0.717, 1.165) is 0 Å². The number of alkyl carbamates (subject to hydrolysis) is 1. The quantitative estimate of drug-likeness (QED) is 0.247. The molecule has 3 amide bonds. The molecule has 0 fully saturated rings. The molecule has 37 heavy (non-hydrogen) atoms. The number of anilines is 1. The highest BCUT2D eigenvalue weighted by Crippen LogP contribution is 2.15. The fourth-order valence-electron chi connectivity index (χ4n) is 3.28. The van der Waals surface area contributed by atoms with Crippen LogP contribution in [0, 0.1) is 0 Å². The van der Waals surface area contributed by atoms with Crippen molar-refractivity contribution >= 4 is 33.9 Å². The van der Waals surface area contributed by atoms with Gasteiger partial charge in [0.1, 0.15) is 23.4 Å². The van der Waals surface area contributed by atoms with Gasteiger partial charge in [0.05, 0.1) is 5.69 Å². The monoisotopic (exact) mass is 536 g/mol. The van der Waals surface area contributed by atoms with Crippen molar-refractivity contribution < 1.29 is 37.2 Å². The summed E-state index contributed by atoms with van der Waals surface area (Å²) in [5.41, 5.74) is 0.546. The van der Waals surface area contributed by atoms with Crippen molar-refractivity contribution in [1.82, 2.24) is 16.0 Å². The van der Waals surface area contributed by atoms with Crippen LogP contribution < -0.4 is 20.7 Å². The highest BCUT2D eigenvalue weighted by Gasteiger charge is 2.28. The van der Waals surface area contributed by atoms with Crippen molar-refractivity contribution in [1.29, 1.82) is 0 Å². The van der Waals surface area contributed by atoms with E-state index in [1.807, 2.05) is 4.72 Å². The molecule has 0 saturated carbocycles. The first-order valence-corrected chi connectivity index (χ1v) is 12.7. The van der Waals surface area contributed by atoms with Crippen LogP contribution in [0.15, 0.2) is 48.5 Å². The molecule has 2 aromatic rings. The second-order valence-electron chi connectivity index (χ2n) is 9.22. The van der Waals surface area contributed by atoms with Gasteiger partial charge in [0.25, 0.3) is 0 Å². The molecule has 0 aromatic heterocycles. The number of ether oxygens (including phenoxy) is 1. The summed E-state index contributed by atoms with van der Waals surface area (Å²) in [5.74, 6) is -1.09. The van der Waals surface area contributed by atoms with Crippen molar-refractivity contribution in [2.45, 2.75) is 51.3 Å². The number of rotatable bonds is 10. The number of carbonyl (C=O) groups is 3. The van der Waals surface area contributed by atoms with Crippen LogP contribution in [0.1, 0.15) is 31.9 Å². The predicted molar refractivity (Wildman–Crippen MR) is 136 cm³/mol. The van der Waals surface area contributed by atoms with Crippen LogP contribution in [-0.2, 0) is 37.5 Å². The molecule has 2 aromatic carbocycles. The van der Waals surface area contributed by atoms with Gasteiger partial charge in [-0.05, 0) is 56.2 Å². The molecule has 2 atom stereocenters. The summed E-state index contributed by atoms with van der Waals surface area (Å²) in [5, 5.41) is 17.2. The van der Waals surface area contributed by atoms with Crippen molar-refractivity contribution in [2.24, 2.45) is 0 Å². The average molecular weight is 537 g/mol. The van der Waals surface area contributed by atoms with Crippen molar-refractivity contribution in [2.75, 3.05) is 11.8 Å². The van der Waals surface area contributed by atoms with Crippen LogP contribution in [-0.4, -0.2) is 60.7 Å². The molecule has 2 rings (SSSR count). The van der Waals surface area contributed by atoms with E-state index in [4.69, 9.17) is 9.29 Å². The molecule has 202 valence electrons. The van der Waals surface area contributed by atoms with Crippen molar-refractivity contribution in [3.8, 4) is 5.75 Å². The Morgan fingerprint density at radius 1 is 0.865 bits per heavy atom. The summed E-state index contributed by atoms with van der Waals surface area (Å²) in [4.78, 5) is 38.2. The van der Waals surface area contributed by atoms with E-state index >= 15 is 0 Å². The molecule has 0 aliphatic heterocycles. The fourth-order valence-corrected chi connectivity index (χ4v) is 3.71. The van der Waals surface area contributed by atoms with Gasteiger partial charge in [-0.2, -0.15) is 8.42 Å². The molecule has 6 N–H and O–H groups in total. The Bertz CT molecular complexity index is 1190. The zero-order valence-corrected chi connectivity index (χ0v) is 21.8. The summed E-state index contributed by atoms with van der Waals surface area (Å²) < 4.78 is 38.0. The zero-order chi connectivity index (χ0) is 27.8. The van der Waals surface area contributed by atoms with E-state index in [1.54, 1.807) is 32.9 Å². The van der Waals surface area contributed by atoms with Gasteiger partial charge >= 0.3 is 16.4 Å². The first kappa shape index (κ1) is 29.4. The highest BCUT2D eigenvalue weighted by molar-refractivity contribution is 7.87. The lowest BCUT2D eigenvalue weighted by molar-refractivity contribution is -0.129. The maximum absolute atomic E-state index is 13.2. The Kier molecular flexibility index (Phi) is 9.86. The second-order valence-corrected chi connectivity index (χ2v) is 10.4. The molecule has 0 saturated heterocycles. The van der Waals surface area contributed by atoms with Gasteiger partial charge in [-0.3, -0.25) is 18.9 Å². The van der Waals surface area contributed by atoms with Gasteiger partial charge < -0.3 is 25.8 Å². The summed E-state index contributed by atoms with van der Waals surface area (Å²) in [6, 6.07) is 9.82. The summed E-state index contributed by atoms with van der Waals surface area (Å²) in [6.45, 7) is 5.04. The van der Waals surface area contributed by atoms with Gasteiger partial charge in [-0.25, -0.2) is 4.79 Å². The number of benzene rings is 2. The van der Waals surface area contributed by atoms with E-state index in [9.17, 15) is 27.9 Å². The van der Waals surface area contributed by atoms with Crippen LogP contribution in [0.2, 0.25) is 0 Å². The Balaban J connectivity index is 2.21. The fraction of sp³-hybridized carbons (Fsp3) is 0.375. The predicted octanol–water partition coefficient (Wildman–Crippen LogP) is 1.52. The van der Waals surface area contributed by atoms with Crippen molar-refractivity contribution in [3.63, 3.8) is 0 Å². The molecular formula is C24H32N4O8S. The molecule has 0 unspecified atom stereocenters. The topological polar surface area (TPSA) is 183 Å². The number of phenolic OH excluding ortho intramolecular Hbond substituents is 1. The lowest BCUT2D eigenvalue weighted by Crippen LogP contribution is -2.55. The molecule has 0 aliphatic carbocycles. The molecule has 0 bridgehead atoms. The standard InChI is InChI=1S/C24H32N4O8S/c1-24(2,3)36-23(32)27-20(14-16-7-11-18(29)12-8-16)22(31)26-19(21(30)25-4)13-15-5-9-17(10-6-15)28-37(33,34)35/h5-12,19-20,28-29H,13-14H2,1-4H3,(H,25,30)(H,26,31)(H,27,32)(H,33,34,35)/t19-,20+/m0/s1. The third-order valence-electron chi connectivity index (χ3n) is 4.90. The molecule has 0 radical (unpaired) electrons. The average Bonchev–Trinajstić information content (AvgIpc) is 2.78. The number of hydrogen-bond donors (Lipinski definition) is 6. The van der Waals surface area contributed by atoms with E-state index in [0.29, 0.717) is 11.1 Å². The highest BCUT2D eigenvalue weighted by atomic mass is 32.2. The van der Waals surface area contributed by atoms with Gasteiger partial charge in [0.15, 0.2) is 0 Å². The van der Waals surface area contributed by atoms with Gasteiger partial charge in [-0.15, -0.1) is 0 Å². The number of carbonyl (C=O) groups excluding carboxylic acids is 3. The number of amides is 3. The number of nitrogens with one attached hydrogen (secondary N) is 4. The minimum Gasteiger partial charge on any atom is -0.508 e. The molecule has 0 spiro atoms. The third kappa shape index (κ3) is 10.8. The van der Waals surface area contributed by atoms with E-state index < -0.39 is 45.9 Å². The number of likely N-dealkylation sites (N-methyl/N-ethyl adjacent to an activating group) is 1. The van der Waals surface area contributed by atoms with Crippen LogP contribution in [0.3, 0.4) is 0 Å². The van der Waals surface area contributed by atoms with Crippen LogP contribution >= 0.6 is 0 Å². The maximum Gasteiger partial charge on any atom is 0.408 e. The van der Waals surface area contributed by atoms with Crippen molar-refractivity contribution in [3.05, 3.63) is 59.7 Å². The van der Waals surface area contributed by atoms with E-state index in [-0.39, 0.29) is 24.3 Å². The SMILES string of the molecule is CNC(=O)[C@H](Cc1ccc(NS(=O)(=O)O)cc1)NC(=O)[C@@H](Cc1ccc(O)cc1)NC(=O)OC(C)(C)C. The van der Waals surface area contributed by atoms with Gasteiger partial charge in [0.2, 0.25) is 11.8 Å². The molecule has 0 heterocycles. The van der Waals surface area contributed by atoms with Crippen LogP contribution in [0.4, 0.5) is 10.5 Å². The van der Waals surface area contributed by atoms with E-state index in [2.05, 4.69) is 16.0 Å². The Labute approximate surface area is 215 Å². The second kappa shape index (κ2) is 12.4. The first-order chi connectivity index (χ1) is 17.1. The Morgan fingerprint density at radius 2 is 1.35 bits per heavy atom. The number of phenols is 1. The summed E-state index contributed by atoms with van der Waals surface area (Å²) >= 11 is 0. The lowest BCUT2D eigenvalue weighted by atomic mass is 10.0. The zero-order valence-electron chi connectivity index (χ0n) is 20.9. The Morgan fingerprint density at radius 3 is 1.81 bits per heavy atom. The lowest BCUT2D eigenvalue weighted by Gasteiger charge is -2.25. The smallest absolute Gasteiger partial charge is 0.408 e. The summed E-state index contributed by atoms with van der Waals surface area (Å²) in [6.07, 6.45) is -0.706. The maximum atomic E-state index is 13.2. The first-order valence-electron chi connectivity index (χ1n) is 11.3.